The van der Waals surface area contributed by atoms with Crippen LogP contribution < -0.4 is 0 Å². The molecule has 0 N–H and O–H groups in total. The van der Waals surface area contributed by atoms with Crippen molar-refractivity contribution in [3.05, 3.63) is 57.4 Å². The number of rotatable bonds is 2. The normalized spacial score (nSPS) is 11.9. The fourth-order valence-corrected chi connectivity index (χ4v) is 4.27. The van der Waals surface area contributed by atoms with Gasteiger partial charge in [0.15, 0.2) is 5.65 Å². The van der Waals surface area contributed by atoms with Gasteiger partial charge in [-0.25, -0.2) is 17.4 Å². The van der Waals surface area contributed by atoms with Crippen LogP contribution in [-0.2, 0) is 10.0 Å². The molecule has 0 aliphatic heterocycles. The largest absolute Gasteiger partial charge is 0.269 e. The Morgan fingerprint density at radius 2 is 1.80 bits per heavy atom. The second kappa shape index (κ2) is 5.01. The minimum Gasteiger partial charge on any atom is -0.223 e. The molecule has 7 heteroatoms. The lowest BCUT2D eigenvalue weighted by atomic mass is 10.3. The number of hydrogen-bond acceptors (Lipinski definition) is 3. The highest BCUT2D eigenvalue weighted by Gasteiger charge is 2.21. The van der Waals surface area contributed by atoms with Crippen molar-refractivity contribution in [2.24, 2.45) is 0 Å². The molecule has 0 bridgehead atoms. The molecule has 102 valence electrons. The van der Waals surface area contributed by atoms with Gasteiger partial charge in [0.25, 0.3) is 10.0 Å². The molecule has 0 fully saturated rings. The number of nitrogens with zero attached hydrogens (tertiary/aromatic N) is 2. The van der Waals surface area contributed by atoms with Crippen molar-refractivity contribution in [1.82, 2.24) is 8.96 Å². The van der Waals surface area contributed by atoms with Crippen LogP contribution in [0, 0.1) is 3.57 Å². The topological polar surface area (TPSA) is 52.0 Å². The van der Waals surface area contributed by atoms with E-state index in [1.807, 2.05) is 0 Å². The lowest BCUT2D eigenvalue weighted by molar-refractivity contribution is 0.588. The van der Waals surface area contributed by atoms with Crippen molar-refractivity contribution in [3.63, 3.8) is 0 Å². The molecule has 0 saturated carbocycles. The summed E-state index contributed by atoms with van der Waals surface area (Å²) >= 11 is 7.96. The van der Waals surface area contributed by atoms with Gasteiger partial charge >= 0.3 is 0 Å². The van der Waals surface area contributed by atoms with Gasteiger partial charge in [-0.3, -0.25) is 0 Å². The van der Waals surface area contributed by atoms with Gasteiger partial charge in [0, 0.05) is 15.2 Å². The molecule has 0 atom stereocenters. The molecule has 0 aliphatic rings. The predicted molar refractivity (Wildman–Crippen MR) is 86.5 cm³/mol. The zero-order chi connectivity index (χ0) is 14.3. The molecular formula is C13H8ClIN2O2S. The third kappa shape index (κ3) is 2.21. The summed E-state index contributed by atoms with van der Waals surface area (Å²) in [6.45, 7) is 0. The first-order valence-electron chi connectivity index (χ1n) is 5.64. The number of halogens is 2. The van der Waals surface area contributed by atoms with Gasteiger partial charge in [-0.15, -0.1) is 0 Å². The van der Waals surface area contributed by atoms with Crippen molar-refractivity contribution >= 4 is 55.2 Å². The zero-order valence-corrected chi connectivity index (χ0v) is 13.7. The molecule has 0 spiro atoms. The van der Waals surface area contributed by atoms with E-state index in [4.69, 9.17) is 11.6 Å². The Balaban J connectivity index is 2.33. The average molecular weight is 419 g/mol. The van der Waals surface area contributed by atoms with Crippen LogP contribution in [0.1, 0.15) is 0 Å². The molecule has 2 heterocycles. The highest BCUT2D eigenvalue weighted by Crippen LogP contribution is 2.26. The lowest BCUT2D eigenvalue weighted by Gasteiger charge is -2.06. The van der Waals surface area contributed by atoms with E-state index in [9.17, 15) is 8.42 Å². The summed E-state index contributed by atoms with van der Waals surface area (Å²) in [6.07, 6.45) is 1.55. The summed E-state index contributed by atoms with van der Waals surface area (Å²) in [7, 11) is -3.67. The molecule has 0 saturated heterocycles. The summed E-state index contributed by atoms with van der Waals surface area (Å²) in [5, 5.41) is 1.02. The highest BCUT2D eigenvalue weighted by atomic mass is 127. The molecule has 0 radical (unpaired) electrons. The molecule has 0 unspecified atom stereocenters. The molecular weight excluding hydrogens is 411 g/mol. The second-order valence-electron chi connectivity index (χ2n) is 4.10. The summed E-state index contributed by atoms with van der Waals surface area (Å²) in [5.41, 5.74) is 0.339. The maximum absolute atomic E-state index is 12.6. The van der Waals surface area contributed by atoms with Crippen LogP contribution in [0.25, 0.3) is 11.0 Å². The van der Waals surface area contributed by atoms with E-state index in [2.05, 4.69) is 27.6 Å². The number of hydrogen-bond donors (Lipinski definition) is 0. The van der Waals surface area contributed by atoms with E-state index in [1.165, 1.54) is 3.97 Å². The Kier molecular flexibility index (Phi) is 3.47. The van der Waals surface area contributed by atoms with Crippen LogP contribution in [0.4, 0.5) is 0 Å². The van der Waals surface area contributed by atoms with E-state index in [1.54, 1.807) is 48.7 Å². The quantitative estimate of drug-likeness (QED) is 0.473. The van der Waals surface area contributed by atoms with Gasteiger partial charge in [-0.1, -0.05) is 29.8 Å². The molecule has 0 amide bonds. The molecule has 3 rings (SSSR count). The smallest absolute Gasteiger partial charge is 0.223 e. The molecule has 20 heavy (non-hydrogen) atoms. The van der Waals surface area contributed by atoms with Gasteiger partial charge in [0.1, 0.15) is 5.15 Å². The summed E-state index contributed by atoms with van der Waals surface area (Å²) in [5.74, 6) is 0. The fraction of sp³-hybridized carbons (Fsp3) is 0. The third-order valence-corrected chi connectivity index (χ3v) is 5.57. The molecule has 0 aliphatic carbocycles. The number of benzene rings is 1. The Hall–Kier alpha value is -1.12. The zero-order valence-electron chi connectivity index (χ0n) is 9.99. The Bertz CT molecular complexity index is 891. The first-order chi connectivity index (χ1) is 9.50. The molecule has 4 nitrogen and oxygen atoms in total. The maximum atomic E-state index is 12.6. The van der Waals surface area contributed by atoms with E-state index < -0.39 is 10.0 Å². The van der Waals surface area contributed by atoms with Crippen LogP contribution in [0.3, 0.4) is 0 Å². The summed E-state index contributed by atoms with van der Waals surface area (Å²) in [6, 6.07) is 11.7. The van der Waals surface area contributed by atoms with Gasteiger partial charge in [-0.2, -0.15) is 0 Å². The number of fused-ring (bicyclic) bond motifs is 1. The Morgan fingerprint density at radius 3 is 2.50 bits per heavy atom. The molecule has 1 aromatic carbocycles. The first-order valence-corrected chi connectivity index (χ1v) is 8.53. The van der Waals surface area contributed by atoms with Crippen LogP contribution >= 0.6 is 34.2 Å². The van der Waals surface area contributed by atoms with E-state index in [0.29, 0.717) is 5.65 Å². The monoisotopic (exact) mass is 418 g/mol. The highest BCUT2D eigenvalue weighted by molar-refractivity contribution is 14.1. The average Bonchev–Trinajstić information content (AvgIpc) is 2.77. The molecule has 2 aromatic heterocycles. The van der Waals surface area contributed by atoms with Gasteiger partial charge in [0.05, 0.1) is 4.90 Å². The van der Waals surface area contributed by atoms with Crippen molar-refractivity contribution in [2.45, 2.75) is 4.90 Å². The standard InChI is InChI=1S/C13H8ClIN2O2S/c14-12-7-6-10-11(15)8-17(13(10)16-12)20(18,19)9-4-2-1-3-5-9/h1-8H. The van der Waals surface area contributed by atoms with Crippen LogP contribution in [-0.4, -0.2) is 17.4 Å². The fourth-order valence-electron chi connectivity index (χ4n) is 1.90. The van der Waals surface area contributed by atoms with Crippen LogP contribution in [0.2, 0.25) is 5.15 Å². The molecule has 3 aromatic rings. The Morgan fingerprint density at radius 1 is 1.10 bits per heavy atom. The Labute approximate surface area is 134 Å². The number of pyridine rings is 1. The SMILES string of the molecule is O=S(=O)(c1ccccc1)n1cc(I)c2ccc(Cl)nc21. The summed E-state index contributed by atoms with van der Waals surface area (Å²) < 4.78 is 27.3. The maximum Gasteiger partial charge on any atom is 0.269 e. The number of aromatic nitrogens is 2. The predicted octanol–water partition coefficient (Wildman–Crippen LogP) is 3.53. The third-order valence-electron chi connectivity index (χ3n) is 2.84. The summed E-state index contributed by atoms with van der Waals surface area (Å²) in [4.78, 5) is 4.35. The van der Waals surface area contributed by atoms with Crippen molar-refractivity contribution in [3.8, 4) is 0 Å². The van der Waals surface area contributed by atoms with Crippen molar-refractivity contribution in [1.29, 1.82) is 0 Å². The second-order valence-corrected chi connectivity index (χ2v) is 7.46. The van der Waals surface area contributed by atoms with E-state index in [0.717, 1.165) is 8.96 Å². The minimum absolute atomic E-state index is 0.218. The van der Waals surface area contributed by atoms with Crippen LogP contribution in [0.5, 0.6) is 0 Å². The van der Waals surface area contributed by atoms with Gasteiger partial charge < -0.3 is 0 Å². The van der Waals surface area contributed by atoms with E-state index >= 15 is 0 Å². The van der Waals surface area contributed by atoms with Crippen LogP contribution in [0.15, 0.2) is 53.6 Å². The minimum atomic E-state index is -3.67. The lowest BCUT2D eigenvalue weighted by Crippen LogP contribution is -2.12. The first kappa shape index (κ1) is 13.8. The van der Waals surface area contributed by atoms with Crippen molar-refractivity contribution < 1.29 is 8.42 Å². The van der Waals surface area contributed by atoms with Crippen molar-refractivity contribution in [2.75, 3.05) is 0 Å². The van der Waals surface area contributed by atoms with E-state index in [-0.39, 0.29) is 10.0 Å². The van der Waals surface area contributed by atoms with Gasteiger partial charge in [0.2, 0.25) is 0 Å². The van der Waals surface area contributed by atoms with Gasteiger partial charge in [-0.05, 0) is 46.9 Å².